The average molecular weight is 306 g/mol. The number of carbonyl (C=O) groups excluding carboxylic acids is 1. The van der Waals surface area contributed by atoms with Gasteiger partial charge in [0.15, 0.2) is 5.65 Å². The summed E-state index contributed by atoms with van der Waals surface area (Å²) in [7, 11) is 1.87. The molecule has 0 N–H and O–H groups in total. The molecule has 1 aliphatic heterocycles. The summed E-state index contributed by atoms with van der Waals surface area (Å²) in [4.78, 5) is 19.1. The van der Waals surface area contributed by atoms with E-state index in [0.29, 0.717) is 12.1 Å². The topological polar surface area (TPSA) is 51.0 Å². The third-order valence-corrected chi connectivity index (χ3v) is 4.53. The van der Waals surface area contributed by atoms with Gasteiger partial charge < -0.3 is 4.90 Å². The second-order valence-electron chi connectivity index (χ2n) is 6.05. The normalized spacial score (nSPS) is 14.1. The molecule has 1 aromatic carbocycles. The molecule has 0 aliphatic carbocycles. The Morgan fingerprint density at radius 2 is 2.00 bits per heavy atom. The van der Waals surface area contributed by atoms with Crippen LogP contribution in [0.25, 0.3) is 11.0 Å². The summed E-state index contributed by atoms with van der Waals surface area (Å²) >= 11 is 0. The molecule has 3 heterocycles. The Hall–Kier alpha value is -2.69. The fraction of sp³-hybridized carbons (Fsp3) is 0.278. The van der Waals surface area contributed by atoms with Crippen LogP contribution in [0.3, 0.4) is 0 Å². The van der Waals surface area contributed by atoms with Crippen molar-refractivity contribution in [2.75, 3.05) is 6.54 Å². The quantitative estimate of drug-likeness (QED) is 0.694. The van der Waals surface area contributed by atoms with Crippen molar-refractivity contribution in [3.05, 3.63) is 58.9 Å². The van der Waals surface area contributed by atoms with Crippen LogP contribution >= 0.6 is 0 Å². The van der Waals surface area contributed by atoms with E-state index < -0.39 is 0 Å². The molecule has 23 heavy (non-hydrogen) atoms. The summed E-state index contributed by atoms with van der Waals surface area (Å²) in [6, 6.07) is 10.2. The molecule has 1 aliphatic rings. The largest absolute Gasteiger partial charge is 0.334 e. The lowest BCUT2D eigenvalue weighted by molar-refractivity contribution is 0.0734. The van der Waals surface area contributed by atoms with Gasteiger partial charge in [-0.25, -0.2) is 4.98 Å². The molecular weight excluding hydrogens is 288 g/mol. The predicted molar refractivity (Wildman–Crippen MR) is 88.1 cm³/mol. The molecule has 116 valence electrons. The van der Waals surface area contributed by atoms with E-state index in [-0.39, 0.29) is 5.91 Å². The molecule has 4 rings (SSSR count). The minimum atomic E-state index is 0.0390. The van der Waals surface area contributed by atoms with E-state index in [1.54, 1.807) is 10.9 Å². The van der Waals surface area contributed by atoms with Gasteiger partial charge in [0.05, 0.1) is 11.3 Å². The van der Waals surface area contributed by atoms with Crippen molar-refractivity contribution < 1.29 is 4.79 Å². The monoisotopic (exact) mass is 306 g/mol. The number of pyridine rings is 1. The first-order chi connectivity index (χ1) is 11.1. The van der Waals surface area contributed by atoms with Gasteiger partial charge in [-0.15, -0.1) is 0 Å². The van der Waals surface area contributed by atoms with Crippen LogP contribution in [0, 0.1) is 6.92 Å². The number of carbonyl (C=O) groups is 1. The van der Waals surface area contributed by atoms with Gasteiger partial charge in [0.1, 0.15) is 0 Å². The first-order valence-corrected chi connectivity index (χ1v) is 7.79. The Kier molecular flexibility index (Phi) is 3.15. The van der Waals surface area contributed by atoms with E-state index >= 15 is 0 Å². The molecule has 0 saturated heterocycles. The van der Waals surface area contributed by atoms with Gasteiger partial charge in [-0.1, -0.05) is 24.3 Å². The summed E-state index contributed by atoms with van der Waals surface area (Å²) in [5.41, 5.74) is 4.91. The molecule has 2 aromatic heterocycles. The molecule has 0 unspecified atom stereocenters. The van der Waals surface area contributed by atoms with E-state index in [2.05, 4.69) is 28.3 Å². The zero-order chi connectivity index (χ0) is 16.0. The minimum Gasteiger partial charge on any atom is -0.334 e. The van der Waals surface area contributed by atoms with Crippen LogP contribution in [0.4, 0.5) is 0 Å². The number of rotatable bonds is 1. The molecule has 5 heteroatoms. The molecule has 0 saturated carbocycles. The van der Waals surface area contributed by atoms with Crippen LogP contribution in [0.2, 0.25) is 0 Å². The van der Waals surface area contributed by atoms with Crippen molar-refractivity contribution >= 4 is 16.9 Å². The summed E-state index contributed by atoms with van der Waals surface area (Å²) < 4.78 is 1.75. The number of aryl methyl sites for hydroxylation is 2. The number of nitrogens with zero attached hydrogens (tertiary/aromatic N) is 4. The fourth-order valence-electron chi connectivity index (χ4n) is 3.28. The molecule has 0 spiro atoms. The molecule has 0 fully saturated rings. The van der Waals surface area contributed by atoms with Crippen molar-refractivity contribution in [1.82, 2.24) is 19.7 Å². The lowest BCUT2D eigenvalue weighted by Gasteiger charge is -2.28. The van der Waals surface area contributed by atoms with Crippen LogP contribution in [-0.4, -0.2) is 32.1 Å². The molecule has 0 radical (unpaired) electrons. The summed E-state index contributed by atoms with van der Waals surface area (Å²) in [5.74, 6) is 0.0390. The Morgan fingerprint density at radius 1 is 1.22 bits per heavy atom. The SMILES string of the molecule is Cc1nn(C)c2ncc(C(=O)N3CCc4ccccc4C3)cc12. The van der Waals surface area contributed by atoms with Gasteiger partial charge in [-0.05, 0) is 30.5 Å². The summed E-state index contributed by atoms with van der Waals surface area (Å²) in [5, 5.41) is 5.30. The van der Waals surface area contributed by atoms with Crippen molar-refractivity contribution in [3.8, 4) is 0 Å². The highest BCUT2D eigenvalue weighted by molar-refractivity contribution is 5.97. The minimum absolute atomic E-state index is 0.0390. The highest BCUT2D eigenvalue weighted by atomic mass is 16.2. The van der Waals surface area contributed by atoms with Crippen molar-refractivity contribution in [2.24, 2.45) is 7.05 Å². The van der Waals surface area contributed by atoms with Gasteiger partial charge in [-0.2, -0.15) is 5.10 Å². The van der Waals surface area contributed by atoms with E-state index in [1.807, 2.05) is 31.0 Å². The van der Waals surface area contributed by atoms with Crippen LogP contribution in [-0.2, 0) is 20.0 Å². The average Bonchev–Trinajstić information content (AvgIpc) is 2.87. The highest BCUT2D eigenvalue weighted by Crippen LogP contribution is 2.22. The standard InChI is InChI=1S/C18H18N4O/c1-12-16-9-15(10-19-17(16)21(2)20-12)18(23)22-8-7-13-5-3-4-6-14(13)11-22/h3-6,9-10H,7-8,11H2,1-2H3. The van der Waals surface area contributed by atoms with E-state index in [1.165, 1.54) is 11.1 Å². The maximum Gasteiger partial charge on any atom is 0.255 e. The highest BCUT2D eigenvalue weighted by Gasteiger charge is 2.22. The lowest BCUT2D eigenvalue weighted by Crippen LogP contribution is -2.36. The lowest BCUT2D eigenvalue weighted by atomic mass is 9.99. The van der Waals surface area contributed by atoms with Crippen LogP contribution < -0.4 is 0 Å². The summed E-state index contributed by atoms with van der Waals surface area (Å²) in [6.45, 7) is 3.36. The van der Waals surface area contributed by atoms with Gasteiger partial charge in [0, 0.05) is 31.7 Å². The van der Waals surface area contributed by atoms with Crippen LogP contribution in [0.15, 0.2) is 36.5 Å². The zero-order valence-electron chi connectivity index (χ0n) is 13.3. The Labute approximate surface area is 134 Å². The molecule has 0 bridgehead atoms. The Balaban J connectivity index is 1.66. The van der Waals surface area contributed by atoms with Gasteiger partial charge in [0.25, 0.3) is 5.91 Å². The molecular formula is C18H18N4O. The third kappa shape index (κ3) is 2.29. The van der Waals surface area contributed by atoms with Crippen LogP contribution in [0.1, 0.15) is 27.2 Å². The van der Waals surface area contributed by atoms with Gasteiger partial charge in [-0.3, -0.25) is 9.48 Å². The van der Waals surface area contributed by atoms with E-state index in [9.17, 15) is 4.79 Å². The summed E-state index contributed by atoms with van der Waals surface area (Å²) in [6.07, 6.45) is 2.57. The van der Waals surface area contributed by atoms with Crippen molar-refractivity contribution in [1.29, 1.82) is 0 Å². The van der Waals surface area contributed by atoms with Crippen LogP contribution in [0.5, 0.6) is 0 Å². The molecule has 3 aromatic rings. The second-order valence-corrected chi connectivity index (χ2v) is 6.05. The van der Waals surface area contributed by atoms with Crippen molar-refractivity contribution in [3.63, 3.8) is 0 Å². The maximum atomic E-state index is 12.8. The number of benzene rings is 1. The maximum absolute atomic E-state index is 12.8. The number of hydrogen-bond donors (Lipinski definition) is 0. The first kappa shape index (κ1) is 13.9. The number of fused-ring (bicyclic) bond motifs is 2. The number of hydrogen-bond acceptors (Lipinski definition) is 3. The molecule has 5 nitrogen and oxygen atoms in total. The first-order valence-electron chi connectivity index (χ1n) is 7.79. The fourth-order valence-corrected chi connectivity index (χ4v) is 3.28. The molecule has 1 amide bonds. The van der Waals surface area contributed by atoms with Gasteiger partial charge in [0.2, 0.25) is 0 Å². The predicted octanol–water partition coefficient (Wildman–Crippen LogP) is 2.48. The van der Waals surface area contributed by atoms with E-state index in [4.69, 9.17) is 0 Å². The number of aromatic nitrogens is 3. The smallest absolute Gasteiger partial charge is 0.255 e. The van der Waals surface area contributed by atoms with E-state index in [0.717, 1.165) is 29.7 Å². The Morgan fingerprint density at radius 3 is 2.83 bits per heavy atom. The zero-order valence-corrected chi connectivity index (χ0v) is 13.3. The second kappa shape index (κ2) is 5.19. The Bertz CT molecular complexity index is 913. The van der Waals surface area contributed by atoms with Crippen molar-refractivity contribution in [2.45, 2.75) is 19.9 Å². The van der Waals surface area contributed by atoms with Gasteiger partial charge >= 0.3 is 0 Å². The number of amides is 1. The molecule has 0 atom stereocenters. The third-order valence-electron chi connectivity index (χ3n) is 4.53.